The summed E-state index contributed by atoms with van der Waals surface area (Å²) in [6, 6.07) is 12.3. The fourth-order valence-electron chi connectivity index (χ4n) is 3.73. The number of hydrogen-bond donors (Lipinski definition) is 0. The van der Waals surface area contributed by atoms with Crippen LogP contribution in [-0.2, 0) is 14.9 Å². The number of rotatable bonds is 5. The molecule has 0 unspecified atom stereocenters. The van der Waals surface area contributed by atoms with E-state index in [2.05, 4.69) is 0 Å². The molecular formula is C22H22N2O5. The van der Waals surface area contributed by atoms with Crippen LogP contribution in [0, 0.1) is 17.0 Å². The van der Waals surface area contributed by atoms with Crippen LogP contribution in [-0.4, -0.2) is 30.3 Å². The van der Waals surface area contributed by atoms with Crippen LogP contribution in [0.2, 0.25) is 0 Å². The number of benzene rings is 2. The minimum absolute atomic E-state index is 0.166. The van der Waals surface area contributed by atoms with Gasteiger partial charge >= 0.3 is 5.97 Å². The lowest BCUT2D eigenvalue weighted by Crippen LogP contribution is -2.25. The van der Waals surface area contributed by atoms with Gasteiger partial charge in [-0.25, -0.2) is 4.79 Å². The summed E-state index contributed by atoms with van der Waals surface area (Å²) < 4.78 is 5.07. The molecule has 0 amide bonds. The second-order valence-corrected chi connectivity index (χ2v) is 7.50. The first-order valence-corrected chi connectivity index (χ1v) is 9.14. The average molecular weight is 394 g/mol. The minimum atomic E-state index is -0.894. The molecule has 0 bridgehead atoms. The largest absolute Gasteiger partial charge is 0.454 e. The van der Waals surface area contributed by atoms with Gasteiger partial charge in [0.15, 0.2) is 12.4 Å². The van der Waals surface area contributed by atoms with Crippen LogP contribution in [0.15, 0.2) is 54.2 Å². The maximum Gasteiger partial charge on any atom is 0.345 e. The molecule has 7 heteroatoms. The van der Waals surface area contributed by atoms with Gasteiger partial charge in [0.2, 0.25) is 0 Å². The van der Waals surface area contributed by atoms with E-state index in [1.54, 1.807) is 13.0 Å². The fourth-order valence-corrected chi connectivity index (χ4v) is 3.73. The molecule has 0 saturated heterocycles. The summed E-state index contributed by atoms with van der Waals surface area (Å²) in [6.45, 7) is 5.10. The van der Waals surface area contributed by atoms with Crippen molar-refractivity contribution in [2.24, 2.45) is 0 Å². The number of nitro groups is 1. The number of hydrogen-bond acceptors (Lipinski definition) is 6. The predicted octanol–water partition coefficient (Wildman–Crippen LogP) is 3.94. The SMILES string of the molecule is Cc1cccc(C(=O)OCC(=O)/C=C2/N(C)c3ccccc3C2(C)C)c1[N+](=O)[O-]. The zero-order valence-electron chi connectivity index (χ0n) is 16.8. The van der Waals surface area contributed by atoms with Gasteiger partial charge in [0, 0.05) is 35.5 Å². The Hall–Kier alpha value is -3.48. The number of esters is 1. The topological polar surface area (TPSA) is 89.8 Å². The van der Waals surface area contributed by atoms with Crippen LogP contribution in [0.25, 0.3) is 0 Å². The van der Waals surface area contributed by atoms with E-state index in [1.807, 2.05) is 50.1 Å². The predicted molar refractivity (Wildman–Crippen MR) is 109 cm³/mol. The summed E-state index contributed by atoms with van der Waals surface area (Å²) in [5, 5.41) is 11.2. The molecule has 0 radical (unpaired) electrons. The van der Waals surface area contributed by atoms with Crippen molar-refractivity contribution in [3.63, 3.8) is 0 Å². The molecule has 0 aromatic heterocycles. The molecule has 1 heterocycles. The van der Waals surface area contributed by atoms with Gasteiger partial charge in [-0.05, 0) is 24.6 Å². The molecule has 2 aromatic carbocycles. The molecule has 2 aromatic rings. The number of ether oxygens (including phenoxy) is 1. The van der Waals surface area contributed by atoms with Crippen LogP contribution in [0.1, 0.15) is 35.3 Å². The first-order chi connectivity index (χ1) is 13.6. The maximum absolute atomic E-state index is 12.5. The van der Waals surface area contributed by atoms with Gasteiger partial charge in [0.05, 0.1) is 4.92 Å². The Morgan fingerprint density at radius 1 is 1.17 bits per heavy atom. The number of likely N-dealkylation sites (N-methyl/N-ethyl adjacent to an activating group) is 1. The molecule has 0 N–H and O–H groups in total. The molecule has 3 rings (SSSR count). The number of nitro benzene ring substituents is 1. The standard InChI is InChI=1S/C22H22N2O5/c1-14-8-7-9-16(20(14)24(27)28)21(26)29-13-15(25)12-19-22(2,3)17-10-5-6-11-18(17)23(19)4/h5-12H,13H2,1-4H3/b19-12+. The number of nitrogens with zero attached hydrogens (tertiary/aromatic N) is 2. The lowest BCUT2D eigenvalue weighted by atomic mass is 9.83. The molecular weight excluding hydrogens is 372 g/mol. The summed E-state index contributed by atoms with van der Waals surface area (Å²) in [5.74, 6) is -1.29. The lowest BCUT2D eigenvalue weighted by Gasteiger charge is -2.23. The van der Waals surface area contributed by atoms with Crippen molar-refractivity contribution in [1.82, 2.24) is 0 Å². The zero-order chi connectivity index (χ0) is 21.3. The fraction of sp³-hybridized carbons (Fsp3) is 0.273. The van der Waals surface area contributed by atoms with Crippen molar-refractivity contribution < 1.29 is 19.2 Å². The Morgan fingerprint density at radius 3 is 2.52 bits per heavy atom. The normalized spacial score (nSPS) is 15.9. The van der Waals surface area contributed by atoms with E-state index in [-0.39, 0.29) is 16.7 Å². The first-order valence-electron chi connectivity index (χ1n) is 9.14. The molecule has 0 fully saturated rings. The molecule has 0 spiro atoms. The Bertz CT molecular complexity index is 1040. The highest BCUT2D eigenvalue weighted by molar-refractivity contribution is 5.98. The van der Waals surface area contributed by atoms with E-state index in [0.29, 0.717) is 5.56 Å². The Morgan fingerprint density at radius 2 is 1.86 bits per heavy atom. The number of carbonyl (C=O) groups is 2. The minimum Gasteiger partial charge on any atom is -0.454 e. The summed E-state index contributed by atoms with van der Waals surface area (Å²) in [7, 11) is 1.88. The van der Waals surface area contributed by atoms with E-state index in [4.69, 9.17) is 4.74 Å². The highest BCUT2D eigenvalue weighted by atomic mass is 16.6. The zero-order valence-corrected chi connectivity index (χ0v) is 16.8. The van der Waals surface area contributed by atoms with Crippen molar-refractivity contribution in [1.29, 1.82) is 0 Å². The number of anilines is 1. The van der Waals surface area contributed by atoms with Crippen molar-refractivity contribution in [3.8, 4) is 0 Å². The molecule has 1 aliphatic rings. The van der Waals surface area contributed by atoms with Crippen LogP contribution in [0.5, 0.6) is 0 Å². The number of carbonyl (C=O) groups excluding carboxylic acids is 2. The number of ketones is 1. The summed E-state index contributed by atoms with van der Waals surface area (Å²) in [5.41, 5.74) is 2.42. The van der Waals surface area contributed by atoms with E-state index < -0.39 is 23.3 Å². The third-order valence-electron chi connectivity index (χ3n) is 5.22. The highest BCUT2D eigenvalue weighted by Crippen LogP contribution is 2.46. The van der Waals surface area contributed by atoms with Crippen LogP contribution in [0.3, 0.4) is 0 Å². The van der Waals surface area contributed by atoms with E-state index in [9.17, 15) is 19.7 Å². The van der Waals surface area contributed by atoms with Gasteiger partial charge in [-0.15, -0.1) is 0 Å². The Balaban J connectivity index is 1.77. The number of para-hydroxylation sites is 2. The maximum atomic E-state index is 12.5. The van der Waals surface area contributed by atoms with Gasteiger partial charge in [-0.2, -0.15) is 0 Å². The quantitative estimate of drug-likeness (QED) is 0.330. The molecule has 0 aliphatic carbocycles. The van der Waals surface area contributed by atoms with E-state index in [1.165, 1.54) is 18.2 Å². The summed E-state index contributed by atoms with van der Waals surface area (Å²) in [6.07, 6.45) is 1.47. The van der Waals surface area contributed by atoms with Crippen LogP contribution in [0.4, 0.5) is 11.4 Å². The smallest absolute Gasteiger partial charge is 0.345 e. The van der Waals surface area contributed by atoms with Crippen molar-refractivity contribution in [3.05, 3.63) is 81.0 Å². The number of allylic oxidation sites excluding steroid dienone is 1. The summed E-state index contributed by atoms with van der Waals surface area (Å²) in [4.78, 5) is 37.4. The second kappa shape index (κ2) is 7.50. The van der Waals surface area contributed by atoms with Gasteiger partial charge in [-0.1, -0.05) is 44.2 Å². The van der Waals surface area contributed by atoms with Gasteiger partial charge in [0.1, 0.15) is 5.56 Å². The molecule has 7 nitrogen and oxygen atoms in total. The van der Waals surface area contributed by atoms with E-state index in [0.717, 1.165) is 16.9 Å². The third-order valence-corrected chi connectivity index (χ3v) is 5.22. The van der Waals surface area contributed by atoms with Gasteiger partial charge in [-0.3, -0.25) is 14.9 Å². The third kappa shape index (κ3) is 3.63. The Labute approximate surface area is 168 Å². The molecule has 150 valence electrons. The van der Waals surface area contributed by atoms with Crippen LogP contribution < -0.4 is 4.90 Å². The Kier molecular flexibility index (Phi) is 5.24. The van der Waals surface area contributed by atoms with Crippen LogP contribution >= 0.6 is 0 Å². The van der Waals surface area contributed by atoms with Crippen molar-refractivity contribution in [2.75, 3.05) is 18.6 Å². The molecule has 0 saturated carbocycles. The van der Waals surface area contributed by atoms with Crippen molar-refractivity contribution in [2.45, 2.75) is 26.2 Å². The molecule has 1 aliphatic heterocycles. The monoisotopic (exact) mass is 394 g/mol. The van der Waals surface area contributed by atoms with Gasteiger partial charge in [0.25, 0.3) is 5.69 Å². The lowest BCUT2D eigenvalue weighted by molar-refractivity contribution is -0.385. The number of fused-ring (bicyclic) bond motifs is 1. The van der Waals surface area contributed by atoms with E-state index >= 15 is 0 Å². The average Bonchev–Trinajstić information content (AvgIpc) is 2.86. The second-order valence-electron chi connectivity index (χ2n) is 7.50. The molecule has 0 atom stereocenters. The highest BCUT2D eigenvalue weighted by Gasteiger charge is 2.38. The van der Waals surface area contributed by atoms with Gasteiger partial charge < -0.3 is 9.64 Å². The first kappa shape index (κ1) is 20.3. The summed E-state index contributed by atoms with van der Waals surface area (Å²) >= 11 is 0. The van der Waals surface area contributed by atoms with Crippen molar-refractivity contribution >= 4 is 23.1 Å². The number of aryl methyl sites for hydroxylation is 1. The molecule has 29 heavy (non-hydrogen) atoms.